The number of aliphatic hydroxyl groups is 1. The van der Waals surface area contributed by atoms with Crippen molar-refractivity contribution in [1.82, 2.24) is 0 Å². The Labute approximate surface area is 254 Å². The Hall–Kier alpha value is -1.40. The summed E-state index contributed by atoms with van der Waals surface area (Å²) < 4.78 is 6.30. The van der Waals surface area contributed by atoms with E-state index in [4.69, 9.17) is 10.5 Å². The van der Waals surface area contributed by atoms with Gasteiger partial charge in [-0.1, -0.05) is 60.1 Å². The molecule has 5 unspecified atom stereocenters. The molecule has 42 heavy (non-hydrogen) atoms. The van der Waals surface area contributed by atoms with Crippen LogP contribution in [0.5, 0.6) is 0 Å². The zero-order chi connectivity index (χ0) is 31.3. The van der Waals surface area contributed by atoms with Crippen molar-refractivity contribution in [2.24, 2.45) is 61.4 Å². The normalized spacial score (nSPS) is 44.9. The number of hydrogen-bond acceptors (Lipinski definition) is 4. The zero-order valence-electron chi connectivity index (χ0n) is 27.9. The molecule has 4 saturated carbocycles. The highest BCUT2D eigenvalue weighted by atomic mass is 16.6. The maximum Gasteiger partial charge on any atom is 0.309 e. The fraction of sp³-hybridized carbons (Fsp3) is 0.889. The molecule has 4 fully saturated rings. The molecule has 0 saturated heterocycles. The monoisotopic (exact) mass is 585 g/mol. The first kappa shape index (κ1) is 32.0. The number of carboxylic acid groups (broad SMARTS) is 1. The van der Waals surface area contributed by atoms with Crippen molar-refractivity contribution in [3.63, 3.8) is 0 Å². The molecule has 6 nitrogen and oxygen atoms in total. The summed E-state index contributed by atoms with van der Waals surface area (Å²) in [5.74, 6) is 0.229. The van der Waals surface area contributed by atoms with Crippen LogP contribution in [0.4, 0.5) is 0 Å². The number of nitrogens with two attached hydrogens (primary N) is 1. The Morgan fingerprint density at radius 1 is 0.976 bits per heavy atom. The molecule has 6 heteroatoms. The molecule has 0 radical (unpaired) electrons. The summed E-state index contributed by atoms with van der Waals surface area (Å²) in [6.45, 7) is 20.3. The number of aliphatic hydroxyl groups excluding tert-OH is 1. The minimum absolute atomic E-state index is 0.0526. The third-order valence-corrected chi connectivity index (χ3v) is 14.7. The third-order valence-electron chi connectivity index (χ3n) is 14.7. The number of fused-ring (bicyclic) bond motifs is 7. The predicted octanol–water partition coefficient (Wildman–Crippen LogP) is 7.48. The number of carboxylic acids is 1. The third kappa shape index (κ3) is 4.46. The predicted molar refractivity (Wildman–Crippen MR) is 165 cm³/mol. The van der Waals surface area contributed by atoms with Gasteiger partial charge in [0.25, 0.3) is 0 Å². The fourth-order valence-electron chi connectivity index (χ4n) is 11.7. The summed E-state index contributed by atoms with van der Waals surface area (Å²) in [6.07, 6.45) is 11.7. The number of carbonyl (C=O) groups excluding carboxylic acids is 1. The molecule has 0 heterocycles. The van der Waals surface area contributed by atoms with E-state index in [1.54, 1.807) is 19.4 Å². The molecule has 0 aromatic heterocycles. The van der Waals surface area contributed by atoms with Crippen molar-refractivity contribution in [1.29, 1.82) is 0 Å². The summed E-state index contributed by atoms with van der Waals surface area (Å²) in [6, 6.07) is 0. The summed E-state index contributed by atoms with van der Waals surface area (Å²) in [5.41, 5.74) is 6.76. The Bertz CT molecular complexity index is 1160. The SMILES string of the molecule is CC1(C)CC[C@]2(C(N)=O)CC[C@]3(C)C(=CCC4[C@@]5(C)CCC(OC(O)CC(C)(C)C(=O)O)C(C)(C)C5CC[C@]43C)C2C1. The van der Waals surface area contributed by atoms with E-state index in [2.05, 4.69) is 54.5 Å². The standard InChI is InChI=1S/C36H59NO5/c1-30(2)16-18-36(28(37)39)19-17-34(8)22(23(36)20-30)10-11-25-33(7)14-13-26(42-27(38)21-31(3,4)29(40)41)32(5,6)24(33)12-15-35(25,34)9/h10,23-27,38H,11-21H2,1-9H3,(H2,37,39)(H,40,41)/t23?,24?,25?,26?,27?,33-,34+,35+,36-/m0/s1. The van der Waals surface area contributed by atoms with Crippen LogP contribution >= 0.6 is 0 Å². The van der Waals surface area contributed by atoms with E-state index in [0.717, 1.165) is 64.2 Å². The van der Waals surface area contributed by atoms with Gasteiger partial charge in [-0.3, -0.25) is 9.59 Å². The Morgan fingerprint density at radius 2 is 1.62 bits per heavy atom. The first-order valence-electron chi connectivity index (χ1n) is 16.7. The number of rotatable bonds is 6. The first-order valence-corrected chi connectivity index (χ1v) is 16.7. The van der Waals surface area contributed by atoms with Gasteiger partial charge in [-0.05, 0) is 123 Å². The Kier molecular flexibility index (Phi) is 7.47. The van der Waals surface area contributed by atoms with Gasteiger partial charge in [-0.15, -0.1) is 0 Å². The van der Waals surface area contributed by atoms with Crippen molar-refractivity contribution >= 4 is 11.9 Å². The molecule has 0 bridgehead atoms. The lowest BCUT2D eigenvalue weighted by Crippen LogP contribution is -2.65. The summed E-state index contributed by atoms with van der Waals surface area (Å²) in [7, 11) is 0. The van der Waals surface area contributed by atoms with Gasteiger partial charge in [0.05, 0.1) is 16.9 Å². The van der Waals surface area contributed by atoms with Gasteiger partial charge < -0.3 is 20.7 Å². The second kappa shape index (κ2) is 9.80. The van der Waals surface area contributed by atoms with Gasteiger partial charge >= 0.3 is 5.97 Å². The van der Waals surface area contributed by atoms with E-state index >= 15 is 0 Å². The van der Waals surface area contributed by atoms with Crippen LogP contribution in [0, 0.1) is 55.7 Å². The first-order chi connectivity index (χ1) is 19.2. The van der Waals surface area contributed by atoms with Crippen LogP contribution in [0.25, 0.3) is 0 Å². The van der Waals surface area contributed by atoms with Crippen LogP contribution in [-0.4, -0.2) is 34.5 Å². The van der Waals surface area contributed by atoms with Gasteiger partial charge in [-0.25, -0.2) is 0 Å². The molecule has 5 rings (SSSR count). The topological polar surface area (TPSA) is 110 Å². The summed E-state index contributed by atoms with van der Waals surface area (Å²) >= 11 is 0. The molecular formula is C36H59NO5. The molecule has 0 aliphatic heterocycles. The van der Waals surface area contributed by atoms with Crippen LogP contribution in [0.2, 0.25) is 0 Å². The molecule has 1 amide bonds. The molecule has 0 spiro atoms. The highest BCUT2D eigenvalue weighted by Crippen LogP contribution is 2.75. The Morgan fingerprint density at radius 3 is 2.24 bits per heavy atom. The van der Waals surface area contributed by atoms with Gasteiger partial charge in [0, 0.05) is 6.42 Å². The molecule has 5 aliphatic carbocycles. The van der Waals surface area contributed by atoms with Crippen molar-refractivity contribution in [2.75, 3.05) is 0 Å². The largest absolute Gasteiger partial charge is 0.481 e. The van der Waals surface area contributed by atoms with E-state index in [1.165, 1.54) is 0 Å². The average molecular weight is 586 g/mol. The van der Waals surface area contributed by atoms with Crippen LogP contribution in [0.1, 0.15) is 133 Å². The van der Waals surface area contributed by atoms with Crippen LogP contribution in [0.15, 0.2) is 11.6 Å². The number of amides is 1. The minimum atomic E-state index is -1.09. The number of carbonyl (C=O) groups is 2. The maximum atomic E-state index is 13.1. The van der Waals surface area contributed by atoms with Crippen LogP contribution in [-0.2, 0) is 14.3 Å². The lowest BCUT2D eigenvalue weighted by Gasteiger charge is -2.71. The van der Waals surface area contributed by atoms with Crippen molar-refractivity contribution < 1.29 is 24.5 Å². The van der Waals surface area contributed by atoms with E-state index in [9.17, 15) is 19.8 Å². The molecule has 5 aliphatic rings. The molecule has 238 valence electrons. The number of aliphatic carboxylic acids is 1. The van der Waals surface area contributed by atoms with E-state index < -0.39 is 23.1 Å². The van der Waals surface area contributed by atoms with Crippen molar-refractivity contribution in [2.45, 2.75) is 145 Å². The van der Waals surface area contributed by atoms with Gasteiger partial charge in [0.2, 0.25) is 5.91 Å². The summed E-state index contributed by atoms with van der Waals surface area (Å²) in [5, 5.41) is 20.4. The lowest BCUT2D eigenvalue weighted by atomic mass is 9.33. The summed E-state index contributed by atoms with van der Waals surface area (Å²) in [4.78, 5) is 24.8. The van der Waals surface area contributed by atoms with E-state index in [-0.39, 0.29) is 51.4 Å². The molecule has 4 N–H and O–H groups in total. The van der Waals surface area contributed by atoms with Crippen LogP contribution in [0.3, 0.4) is 0 Å². The van der Waals surface area contributed by atoms with Gasteiger partial charge in [-0.2, -0.15) is 0 Å². The number of primary amides is 1. The van der Waals surface area contributed by atoms with Crippen molar-refractivity contribution in [3.05, 3.63) is 11.6 Å². The second-order valence-corrected chi connectivity index (χ2v) is 18.1. The number of hydrogen-bond donors (Lipinski definition) is 3. The van der Waals surface area contributed by atoms with Crippen LogP contribution < -0.4 is 5.73 Å². The van der Waals surface area contributed by atoms with E-state index in [0.29, 0.717) is 11.8 Å². The van der Waals surface area contributed by atoms with Gasteiger partial charge in [0.15, 0.2) is 6.29 Å². The molecule has 9 atom stereocenters. The molecule has 0 aromatic carbocycles. The van der Waals surface area contributed by atoms with E-state index in [1.807, 2.05) is 0 Å². The highest BCUT2D eigenvalue weighted by molar-refractivity contribution is 5.82. The Balaban J connectivity index is 1.44. The van der Waals surface area contributed by atoms with Gasteiger partial charge in [0.1, 0.15) is 0 Å². The average Bonchev–Trinajstić information content (AvgIpc) is 2.85. The fourth-order valence-corrected chi connectivity index (χ4v) is 11.7. The zero-order valence-corrected chi connectivity index (χ0v) is 27.9. The quantitative estimate of drug-likeness (QED) is 0.221. The lowest BCUT2D eigenvalue weighted by molar-refractivity contribution is -0.245. The number of allylic oxidation sites excluding steroid dienone is 2. The maximum absolute atomic E-state index is 13.1. The smallest absolute Gasteiger partial charge is 0.309 e. The van der Waals surface area contributed by atoms with Crippen molar-refractivity contribution in [3.8, 4) is 0 Å². The molecule has 0 aromatic rings. The molecular weight excluding hydrogens is 526 g/mol. The number of ether oxygens (including phenoxy) is 1. The minimum Gasteiger partial charge on any atom is -0.481 e. The second-order valence-electron chi connectivity index (χ2n) is 18.1. The highest BCUT2D eigenvalue weighted by Gasteiger charge is 2.69.